The SMILES string of the molecule is Nc1nn(Cc2ccc(F)cc2Cl)cc1Br. The first-order chi connectivity index (χ1) is 7.56. The van der Waals surface area contributed by atoms with E-state index in [0.717, 1.165) is 10.0 Å². The number of anilines is 1. The van der Waals surface area contributed by atoms with Crippen molar-refractivity contribution >= 4 is 33.3 Å². The van der Waals surface area contributed by atoms with Gasteiger partial charge in [0.25, 0.3) is 0 Å². The van der Waals surface area contributed by atoms with Crippen LogP contribution in [0.4, 0.5) is 10.2 Å². The molecule has 16 heavy (non-hydrogen) atoms. The Morgan fingerprint density at radius 2 is 2.25 bits per heavy atom. The molecule has 0 saturated carbocycles. The van der Waals surface area contributed by atoms with Crippen LogP contribution in [-0.4, -0.2) is 9.78 Å². The smallest absolute Gasteiger partial charge is 0.159 e. The number of hydrogen-bond acceptors (Lipinski definition) is 2. The van der Waals surface area contributed by atoms with Gasteiger partial charge < -0.3 is 5.73 Å². The van der Waals surface area contributed by atoms with Gasteiger partial charge in [-0.15, -0.1) is 0 Å². The third-order valence-corrected chi connectivity index (χ3v) is 3.05. The number of halogens is 3. The van der Waals surface area contributed by atoms with Crippen molar-refractivity contribution in [2.45, 2.75) is 6.54 Å². The summed E-state index contributed by atoms with van der Waals surface area (Å²) in [7, 11) is 0. The molecule has 0 bridgehead atoms. The third kappa shape index (κ3) is 2.36. The van der Waals surface area contributed by atoms with Crippen molar-refractivity contribution in [3.63, 3.8) is 0 Å². The van der Waals surface area contributed by atoms with Crippen LogP contribution in [0.2, 0.25) is 5.02 Å². The van der Waals surface area contributed by atoms with Crippen LogP contribution in [0.25, 0.3) is 0 Å². The molecular formula is C10H8BrClFN3. The van der Waals surface area contributed by atoms with Gasteiger partial charge in [0.15, 0.2) is 5.82 Å². The summed E-state index contributed by atoms with van der Waals surface area (Å²) < 4.78 is 15.2. The van der Waals surface area contributed by atoms with Crippen molar-refractivity contribution in [1.82, 2.24) is 9.78 Å². The molecule has 0 amide bonds. The molecule has 84 valence electrons. The van der Waals surface area contributed by atoms with Gasteiger partial charge in [-0.2, -0.15) is 5.10 Å². The summed E-state index contributed by atoms with van der Waals surface area (Å²) in [5.74, 6) is 0.0631. The molecule has 6 heteroatoms. The molecule has 0 fully saturated rings. The molecule has 0 aliphatic rings. The molecule has 1 aromatic carbocycles. The maximum atomic E-state index is 12.8. The highest BCUT2D eigenvalue weighted by atomic mass is 79.9. The van der Waals surface area contributed by atoms with Gasteiger partial charge in [-0.1, -0.05) is 17.7 Å². The predicted molar refractivity (Wildman–Crippen MR) is 64.9 cm³/mol. The van der Waals surface area contributed by atoms with Crippen LogP contribution in [0.5, 0.6) is 0 Å². The fourth-order valence-corrected chi connectivity index (χ4v) is 1.86. The summed E-state index contributed by atoms with van der Waals surface area (Å²) in [6.07, 6.45) is 1.75. The van der Waals surface area contributed by atoms with E-state index < -0.39 is 0 Å². The van der Waals surface area contributed by atoms with E-state index in [1.807, 2.05) is 0 Å². The maximum absolute atomic E-state index is 12.8. The molecule has 0 aliphatic carbocycles. The van der Waals surface area contributed by atoms with E-state index >= 15 is 0 Å². The quantitative estimate of drug-likeness (QED) is 0.926. The minimum Gasteiger partial charge on any atom is -0.381 e. The lowest BCUT2D eigenvalue weighted by Crippen LogP contribution is -2.01. The lowest BCUT2D eigenvalue weighted by atomic mass is 10.2. The Hall–Kier alpha value is -1.07. The van der Waals surface area contributed by atoms with Crippen LogP contribution in [0.15, 0.2) is 28.9 Å². The first-order valence-corrected chi connectivity index (χ1v) is 5.65. The number of nitrogen functional groups attached to an aromatic ring is 1. The topological polar surface area (TPSA) is 43.8 Å². The zero-order valence-corrected chi connectivity index (χ0v) is 10.5. The molecule has 0 unspecified atom stereocenters. The monoisotopic (exact) mass is 303 g/mol. The molecule has 2 N–H and O–H groups in total. The third-order valence-electron chi connectivity index (χ3n) is 2.09. The molecule has 0 atom stereocenters. The number of aromatic nitrogens is 2. The highest BCUT2D eigenvalue weighted by Gasteiger charge is 2.06. The van der Waals surface area contributed by atoms with Gasteiger partial charge in [-0.05, 0) is 33.6 Å². The lowest BCUT2D eigenvalue weighted by molar-refractivity contribution is 0.624. The molecule has 0 aliphatic heterocycles. The van der Waals surface area contributed by atoms with Crippen molar-refractivity contribution in [2.75, 3.05) is 5.73 Å². The van der Waals surface area contributed by atoms with Crippen molar-refractivity contribution in [2.24, 2.45) is 0 Å². The Morgan fingerprint density at radius 1 is 1.50 bits per heavy atom. The Kier molecular flexibility index (Phi) is 3.16. The second-order valence-corrected chi connectivity index (χ2v) is 4.56. The van der Waals surface area contributed by atoms with Crippen molar-refractivity contribution in [1.29, 1.82) is 0 Å². The van der Waals surface area contributed by atoms with E-state index in [-0.39, 0.29) is 5.82 Å². The van der Waals surface area contributed by atoms with Crippen molar-refractivity contribution in [3.05, 3.63) is 45.3 Å². The summed E-state index contributed by atoms with van der Waals surface area (Å²) in [5, 5.41) is 4.44. The van der Waals surface area contributed by atoms with E-state index in [4.69, 9.17) is 17.3 Å². The van der Waals surface area contributed by atoms with Crippen LogP contribution in [0, 0.1) is 5.82 Å². The molecule has 0 spiro atoms. The van der Waals surface area contributed by atoms with Crippen LogP contribution >= 0.6 is 27.5 Å². The molecule has 0 saturated heterocycles. The average molecular weight is 305 g/mol. The van der Waals surface area contributed by atoms with Gasteiger partial charge in [0.05, 0.1) is 11.0 Å². The summed E-state index contributed by atoms with van der Waals surface area (Å²) in [6, 6.07) is 4.27. The number of nitrogens with two attached hydrogens (primary N) is 1. The molecule has 1 heterocycles. The Balaban J connectivity index is 2.27. The van der Waals surface area contributed by atoms with E-state index in [1.165, 1.54) is 12.1 Å². The molecule has 3 nitrogen and oxygen atoms in total. The largest absolute Gasteiger partial charge is 0.381 e. The van der Waals surface area contributed by atoms with Gasteiger partial charge in [-0.3, -0.25) is 4.68 Å². The summed E-state index contributed by atoms with van der Waals surface area (Å²) in [5.41, 5.74) is 6.37. The zero-order valence-electron chi connectivity index (χ0n) is 8.12. The summed E-state index contributed by atoms with van der Waals surface area (Å²) in [4.78, 5) is 0. The van der Waals surface area contributed by atoms with Crippen molar-refractivity contribution in [3.8, 4) is 0 Å². The minimum absolute atomic E-state index is 0.352. The van der Waals surface area contributed by atoms with E-state index in [1.54, 1.807) is 16.9 Å². The number of benzene rings is 1. The van der Waals surface area contributed by atoms with Crippen LogP contribution in [0.3, 0.4) is 0 Å². The lowest BCUT2D eigenvalue weighted by Gasteiger charge is -2.04. The normalized spacial score (nSPS) is 10.7. The summed E-state index contributed by atoms with van der Waals surface area (Å²) >= 11 is 9.16. The Morgan fingerprint density at radius 3 is 2.81 bits per heavy atom. The highest BCUT2D eigenvalue weighted by molar-refractivity contribution is 9.10. The fourth-order valence-electron chi connectivity index (χ4n) is 1.32. The molecule has 0 radical (unpaired) electrons. The van der Waals surface area contributed by atoms with Crippen LogP contribution in [0.1, 0.15) is 5.56 Å². The molecule has 1 aromatic heterocycles. The molecule has 2 rings (SSSR count). The average Bonchev–Trinajstić information content (AvgIpc) is 2.51. The van der Waals surface area contributed by atoms with Gasteiger partial charge in [-0.25, -0.2) is 4.39 Å². The Labute approximate surface area is 105 Å². The first-order valence-electron chi connectivity index (χ1n) is 4.48. The zero-order chi connectivity index (χ0) is 11.7. The molecular weight excluding hydrogens is 296 g/mol. The highest BCUT2D eigenvalue weighted by Crippen LogP contribution is 2.21. The van der Waals surface area contributed by atoms with E-state index in [0.29, 0.717) is 17.4 Å². The maximum Gasteiger partial charge on any atom is 0.159 e. The van der Waals surface area contributed by atoms with E-state index in [9.17, 15) is 4.39 Å². The number of nitrogens with zero attached hydrogens (tertiary/aromatic N) is 2. The summed E-state index contributed by atoms with van der Waals surface area (Å²) in [6.45, 7) is 0.453. The Bertz CT molecular complexity index is 507. The van der Waals surface area contributed by atoms with Gasteiger partial charge >= 0.3 is 0 Å². The van der Waals surface area contributed by atoms with Gasteiger partial charge in [0, 0.05) is 11.2 Å². The standard InChI is InChI=1S/C10H8BrClFN3/c11-8-5-16(15-10(8)14)4-6-1-2-7(13)3-9(6)12/h1-3,5H,4H2,(H2,14,15). The van der Waals surface area contributed by atoms with E-state index in [2.05, 4.69) is 21.0 Å². The fraction of sp³-hybridized carbons (Fsp3) is 0.100. The predicted octanol–water partition coefficient (Wildman–Crippen LogP) is 3.07. The second kappa shape index (κ2) is 4.43. The van der Waals surface area contributed by atoms with Gasteiger partial charge in [0.1, 0.15) is 5.82 Å². The second-order valence-electron chi connectivity index (χ2n) is 3.30. The number of hydrogen-bond donors (Lipinski definition) is 1. The van der Waals surface area contributed by atoms with Crippen molar-refractivity contribution < 1.29 is 4.39 Å². The molecule has 2 aromatic rings. The first kappa shape index (κ1) is 11.4. The number of rotatable bonds is 2. The van der Waals surface area contributed by atoms with Crippen LogP contribution in [-0.2, 0) is 6.54 Å². The van der Waals surface area contributed by atoms with Crippen LogP contribution < -0.4 is 5.73 Å². The minimum atomic E-state index is -0.352. The van der Waals surface area contributed by atoms with Gasteiger partial charge in [0.2, 0.25) is 0 Å².